The number of rotatable bonds is 5. The Bertz CT molecular complexity index is 705. The van der Waals surface area contributed by atoms with Crippen molar-refractivity contribution in [3.8, 4) is 6.07 Å². The molecule has 3 nitrogen and oxygen atoms in total. The van der Waals surface area contributed by atoms with Crippen LogP contribution in [-0.2, 0) is 11.3 Å². The molecule has 2 aromatic carbocycles. The number of hydrogen-bond donors (Lipinski definition) is 0. The van der Waals surface area contributed by atoms with E-state index in [0.29, 0.717) is 6.54 Å². The lowest BCUT2D eigenvalue weighted by Gasteiger charge is -2.17. The number of halogens is 1. The first-order valence-electron chi connectivity index (χ1n) is 6.83. The molecular formula is C18H15BrN2O. The second-order valence-electron chi connectivity index (χ2n) is 4.69. The number of amides is 1. The van der Waals surface area contributed by atoms with Gasteiger partial charge < -0.3 is 4.90 Å². The molecule has 0 aliphatic heterocycles. The number of carbonyl (C=O) groups excluding carboxylic acids is 1. The normalized spacial score (nSPS) is 10.4. The zero-order valence-corrected chi connectivity index (χ0v) is 13.5. The van der Waals surface area contributed by atoms with Crippen LogP contribution in [0.15, 0.2) is 65.1 Å². The molecule has 0 saturated heterocycles. The van der Waals surface area contributed by atoms with Gasteiger partial charge in [0, 0.05) is 17.1 Å². The summed E-state index contributed by atoms with van der Waals surface area (Å²) >= 11 is 3.44. The predicted octanol–water partition coefficient (Wildman–Crippen LogP) is 4.01. The van der Waals surface area contributed by atoms with E-state index in [1.165, 1.54) is 11.0 Å². The number of benzene rings is 2. The van der Waals surface area contributed by atoms with Crippen LogP contribution in [0, 0.1) is 11.3 Å². The number of nitrogens with zero attached hydrogens (tertiary/aromatic N) is 2. The molecule has 0 spiro atoms. The van der Waals surface area contributed by atoms with Crippen LogP contribution in [0.1, 0.15) is 11.1 Å². The van der Waals surface area contributed by atoms with Crippen molar-refractivity contribution in [1.29, 1.82) is 5.26 Å². The fourth-order valence-corrected chi connectivity index (χ4v) is 2.39. The molecule has 0 N–H and O–H groups in total. The van der Waals surface area contributed by atoms with Crippen molar-refractivity contribution in [2.24, 2.45) is 0 Å². The molecule has 4 heteroatoms. The summed E-state index contributed by atoms with van der Waals surface area (Å²) in [6, 6.07) is 19.3. The van der Waals surface area contributed by atoms with E-state index in [1.807, 2.05) is 60.7 Å². The van der Waals surface area contributed by atoms with E-state index < -0.39 is 0 Å². The van der Waals surface area contributed by atoms with Gasteiger partial charge in [0.1, 0.15) is 6.54 Å². The molecule has 0 atom stereocenters. The zero-order valence-electron chi connectivity index (χ0n) is 11.9. The molecule has 0 saturated carbocycles. The van der Waals surface area contributed by atoms with Crippen molar-refractivity contribution in [2.75, 3.05) is 6.54 Å². The Labute approximate surface area is 138 Å². The Morgan fingerprint density at radius 2 is 1.82 bits per heavy atom. The van der Waals surface area contributed by atoms with E-state index in [0.717, 1.165) is 15.6 Å². The molecule has 22 heavy (non-hydrogen) atoms. The molecular weight excluding hydrogens is 340 g/mol. The second-order valence-corrected chi connectivity index (χ2v) is 5.55. The molecule has 0 bridgehead atoms. The van der Waals surface area contributed by atoms with Gasteiger partial charge in [0.25, 0.3) is 0 Å². The van der Waals surface area contributed by atoms with Crippen molar-refractivity contribution in [1.82, 2.24) is 4.90 Å². The van der Waals surface area contributed by atoms with Gasteiger partial charge in [0.05, 0.1) is 6.07 Å². The topological polar surface area (TPSA) is 44.1 Å². The Morgan fingerprint density at radius 3 is 2.50 bits per heavy atom. The van der Waals surface area contributed by atoms with Crippen LogP contribution < -0.4 is 0 Å². The number of hydrogen-bond acceptors (Lipinski definition) is 2. The van der Waals surface area contributed by atoms with E-state index in [9.17, 15) is 4.79 Å². The average Bonchev–Trinajstić information content (AvgIpc) is 2.54. The lowest BCUT2D eigenvalue weighted by Crippen LogP contribution is -2.29. The molecule has 110 valence electrons. The van der Waals surface area contributed by atoms with Gasteiger partial charge in [-0.05, 0) is 23.3 Å². The fraction of sp³-hybridized carbons (Fsp3) is 0.111. The average molecular weight is 355 g/mol. The molecule has 1 amide bonds. The summed E-state index contributed by atoms with van der Waals surface area (Å²) in [5.41, 5.74) is 1.92. The molecule has 2 aromatic rings. The van der Waals surface area contributed by atoms with Crippen LogP contribution in [0.4, 0.5) is 0 Å². The van der Waals surface area contributed by atoms with E-state index in [1.54, 1.807) is 6.08 Å². The van der Waals surface area contributed by atoms with Gasteiger partial charge in [-0.15, -0.1) is 0 Å². The van der Waals surface area contributed by atoms with E-state index in [4.69, 9.17) is 5.26 Å². The van der Waals surface area contributed by atoms with Crippen LogP contribution in [0.5, 0.6) is 0 Å². The lowest BCUT2D eigenvalue weighted by molar-refractivity contribution is -0.125. The molecule has 0 aliphatic carbocycles. The Morgan fingerprint density at radius 1 is 1.14 bits per heavy atom. The van der Waals surface area contributed by atoms with Gasteiger partial charge in [0.15, 0.2) is 0 Å². The summed E-state index contributed by atoms with van der Waals surface area (Å²) in [7, 11) is 0. The summed E-state index contributed by atoms with van der Waals surface area (Å²) in [4.78, 5) is 13.8. The highest BCUT2D eigenvalue weighted by atomic mass is 79.9. The van der Waals surface area contributed by atoms with Gasteiger partial charge in [-0.25, -0.2) is 0 Å². The maximum Gasteiger partial charge on any atom is 0.247 e. The first-order valence-corrected chi connectivity index (χ1v) is 7.62. The predicted molar refractivity (Wildman–Crippen MR) is 90.6 cm³/mol. The molecule has 0 heterocycles. The highest BCUT2D eigenvalue weighted by Gasteiger charge is 2.10. The SMILES string of the molecule is N#CCN(Cc1ccccc1)C(=O)/C=C/c1ccccc1Br. The minimum Gasteiger partial charge on any atom is -0.322 e. The molecule has 2 rings (SSSR count). The monoisotopic (exact) mass is 354 g/mol. The van der Waals surface area contributed by atoms with Gasteiger partial charge in [-0.3, -0.25) is 4.79 Å². The molecule has 0 unspecified atom stereocenters. The van der Waals surface area contributed by atoms with Crippen molar-refractivity contribution >= 4 is 27.9 Å². The zero-order chi connectivity index (χ0) is 15.8. The molecule has 0 fully saturated rings. The van der Waals surface area contributed by atoms with Crippen molar-refractivity contribution in [3.63, 3.8) is 0 Å². The van der Waals surface area contributed by atoms with Crippen LogP contribution in [0.3, 0.4) is 0 Å². The Hall–Kier alpha value is -2.38. The maximum absolute atomic E-state index is 12.3. The maximum atomic E-state index is 12.3. The van der Waals surface area contributed by atoms with Gasteiger partial charge in [-0.1, -0.05) is 64.5 Å². The third-order valence-corrected chi connectivity index (χ3v) is 3.82. The van der Waals surface area contributed by atoms with E-state index >= 15 is 0 Å². The summed E-state index contributed by atoms with van der Waals surface area (Å²) in [5, 5.41) is 8.92. The first kappa shape index (κ1) is 16.0. The Kier molecular flexibility index (Phi) is 5.93. The smallest absolute Gasteiger partial charge is 0.247 e. The molecule has 0 aliphatic rings. The summed E-state index contributed by atoms with van der Waals surface area (Å²) < 4.78 is 0.925. The standard InChI is InChI=1S/C18H15BrN2O/c19-17-9-5-4-8-16(17)10-11-18(22)21(13-12-20)14-15-6-2-1-3-7-15/h1-11H,13-14H2/b11-10+. The van der Waals surface area contributed by atoms with E-state index in [-0.39, 0.29) is 12.5 Å². The quantitative estimate of drug-likeness (QED) is 0.601. The highest BCUT2D eigenvalue weighted by Crippen LogP contribution is 2.17. The molecule has 0 radical (unpaired) electrons. The van der Waals surface area contributed by atoms with Crippen molar-refractivity contribution < 1.29 is 4.79 Å². The van der Waals surface area contributed by atoms with Gasteiger partial charge in [0.2, 0.25) is 5.91 Å². The first-order chi connectivity index (χ1) is 10.7. The van der Waals surface area contributed by atoms with Crippen LogP contribution in [0.25, 0.3) is 6.08 Å². The Balaban J connectivity index is 2.10. The summed E-state index contributed by atoms with van der Waals surface area (Å²) in [6.45, 7) is 0.488. The summed E-state index contributed by atoms with van der Waals surface area (Å²) in [5.74, 6) is -0.179. The van der Waals surface area contributed by atoms with Crippen LogP contribution in [0.2, 0.25) is 0 Å². The molecule has 0 aromatic heterocycles. The minimum atomic E-state index is -0.179. The minimum absolute atomic E-state index is 0.0635. The lowest BCUT2D eigenvalue weighted by atomic mass is 10.2. The largest absolute Gasteiger partial charge is 0.322 e. The second kappa shape index (κ2) is 8.16. The van der Waals surface area contributed by atoms with E-state index in [2.05, 4.69) is 15.9 Å². The van der Waals surface area contributed by atoms with Crippen LogP contribution in [-0.4, -0.2) is 17.4 Å². The fourth-order valence-electron chi connectivity index (χ4n) is 1.98. The van der Waals surface area contributed by atoms with Crippen molar-refractivity contribution in [3.05, 3.63) is 76.3 Å². The third-order valence-electron chi connectivity index (χ3n) is 3.10. The number of carbonyl (C=O) groups is 1. The van der Waals surface area contributed by atoms with Crippen LogP contribution >= 0.6 is 15.9 Å². The third kappa shape index (κ3) is 4.57. The van der Waals surface area contributed by atoms with Crippen molar-refractivity contribution in [2.45, 2.75) is 6.54 Å². The highest BCUT2D eigenvalue weighted by molar-refractivity contribution is 9.10. The van der Waals surface area contributed by atoms with Gasteiger partial charge >= 0.3 is 0 Å². The van der Waals surface area contributed by atoms with Gasteiger partial charge in [-0.2, -0.15) is 5.26 Å². The summed E-state index contributed by atoms with van der Waals surface area (Å²) in [6.07, 6.45) is 3.25. The number of nitriles is 1.